The molecule has 1 fully saturated rings. The van der Waals surface area contributed by atoms with Gasteiger partial charge in [-0.3, -0.25) is 0 Å². The molecule has 0 saturated carbocycles. The highest BCUT2D eigenvalue weighted by atomic mass is 19.1. The Morgan fingerprint density at radius 1 is 1.25 bits per heavy atom. The van der Waals surface area contributed by atoms with E-state index in [1.165, 1.54) is 15.9 Å². The maximum absolute atomic E-state index is 14.0. The predicted molar refractivity (Wildman–Crippen MR) is 82.9 cm³/mol. The van der Waals surface area contributed by atoms with Crippen LogP contribution in [-0.2, 0) is 9.53 Å². The first-order valence-electron chi connectivity index (χ1n) is 7.51. The number of benzene rings is 1. The molecule has 0 spiro atoms. The number of halogens is 2. The van der Waals surface area contributed by atoms with Crippen molar-refractivity contribution >= 4 is 17.7 Å². The quantitative estimate of drug-likeness (QED) is 0.894. The van der Waals surface area contributed by atoms with Crippen LogP contribution in [0.4, 0.5) is 19.3 Å². The number of hydrogen-bond donors (Lipinski definition) is 1. The molecule has 0 radical (unpaired) electrons. The van der Waals surface area contributed by atoms with Crippen LogP contribution in [0, 0.1) is 11.6 Å². The Morgan fingerprint density at radius 3 is 2.46 bits per heavy atom. The van der Waals surface area contributed by atoms with E-state index in [2.05, 4.69) is 0 Å². The SMILES string of the molecule is CC(C)(C)OC(=O)N1CCN(c2ccc(F)cc2F)C(C(=O)O)C1. The third-order valence-electron chi connectivity index (χ3n) is 3.54. The first-order chi connectivity index (χ1) is 11.1. The van der Waals surface area contributed by atoms with Crippen LogP contribution in [0.5, 0.6) is 0 Å². The summed E-state index contributed by atoms with van der Waals surface area (Å²) < 4.78 is 32.3. The van der Waals surface area contributed by atoms with E-state index in [4.69, 9.17) is 4.74 Å². The van der Waals surface area contributed by atoms with Crippen molar-refractivity contribution in [1.29, 1.82) is 0 Å². The molecule has 1 amide bonds. The summed E-state index contributed by atoms with van der Waals surface area (Å²) in [4.78, 5) is 26.3. The molecule has 6 nitrogen and oxygen atoms in total. The van der Waals surface area contributed by atoms with Crippen LogP contribution in [0.1, 0.15) is 20.8 Å². The number of ether oxygens (including phenoxy) is 1. The molecule has 1 heterocycles. The second kappa shape index (κ2) is 6.62. The molecule has 1 aliphatic heterocycles. The van der Waals surface area contributed by atoms with Crippen molar-refractivity contribution in [1.82, 2.24) is 4.90 Å². The standard InChI is InChI=1S/C16H20F2N2O4/c1-16(2,3)24-15(23)19-6-7-20(13(9-19)14(21)22)12-5-4-10(17)8-11(12)18/h4-5,8,13H,6-7,9H2,1-3H3,(H,21,22). The fourth-order valence-corrected chi connectivity index (χ4v) is 2.49. The molecule has 0 bridgehead atoms. The largest absolute Gasteiger partial charge is 0.480 e. The maximum Gasteiger partial charge on any atom is 0.410 e. The summed E-state index contributed by atoms with van der Waals surface area (Å²) in [5.41, 5.74) is -0.705. The van der Waals surface area contributed by atoms with Crippen LogP contribution in [0.15, 0.2) is 18.2 Å². The molecule has 8 heteroatoms. The van der Waals surface area contributed by atoms with Gasteiger partial charge in [-0.05, 0) is 32.9 Å². The zero-order chi connectivity index (χ0) is 18.1. The van der Waals surface area contributed by atoms with E-state index in [9.17, 15) is 23.5 Å². The molecule has 24 heavy (non-hydrogen) atoms. The van der Waals surface area contributed by atoms with Crippen molar-refractivity contribution in [2.24, 2.45) is 0 Å². The van der Waals surface area contributed by atoms with E-state index in [0.717, 1.165) is 6.07 Å². The highest BCUT2D eigenvalue weighted by molar-refractivity contribution is 5.80. The summed E-state index contributed by atoms with van der Waals surface area (Å²) >= 11 is 0. The summed E-state index contributed by atoms with van der Waals surface area (Å²) in [6, 6.07) is 1.82. The molecule has 1 atom stereocenters. The number of aliphatic carboxylic acids is 1. The molecule has 1 aromatic carbocycles. The molecular weight excluding hydrogens is 322 g/mol. The van der Waals surface area contributed by atoms with Crippen molar-refractivity contribution < 1.29 is 28.2 Å². The summed E-state index contributed by atoms with van der Waals surface area (Å²) in [6.45, 7) is 5.26. The number of rotatable bonds is 2. The lowest BCUT2D eigenvalue weighted by Gasteiger charge is -2.40. The topological polar surface area (TPSA) is 70.1 Å². The lowest BCUT2D eigenvalue weighted by molar-refractivity contribution is -0.139. The van der Waals surface area contributed by atoms with Gasteiger partial charge in [0.15, 0.2) is 0 Å². The first kappa shape index (κ1) is 18.0. The zero-order valence-electron chi connectivity index (χ0n) is 13.8. The van der Waals surface area contributed by atoms with Gasteiger partial charge in [0.25, 0.3) is 0 Å². The third-order valence-corrected chi connectivity index (χ3v) is 3.54. The summed E-state index contributed by atoms with van der Waals surface area (Å²) in [5.74, 6) is -2.78. The summed E-state index contributed by atoms with van der Waals surface area (Å²) in [6.07, 6.45) is -0.618. The highest BCUT2D eigenvalue weighted by Gasteiger charge is 2.37. The second-order valence-corrected chi connectivity index (χ2v) is 6.57. The smallest absolute Gasteiger partial charge is 0.410 e. The average molecular weight is 342 g/mol. The minimum absolute atomic E-state index is 0.00682. The minimum atomic E-state index is -1.20. The fourth-order valence-electron chi connectivity index (χ4n) is 2.49. The van der Waals surface area contributed by atoms with Crippen LogP contribution in [0.2, 0.25) is 0 Å². The van der Waals surface area contributed by atoms with Gasteiger partial charge in [-0.1, -0.05) is 0 Å². The van der Waals surface area contributed by atoms with Crippen LogP contribution in [-0.4, -0.2) is 53.3 Å². The van der Waals surface area contributed by atoms with Crippen molar-refractivity contribution in [2.75, 3.05) is 24.5 Å². The van der Waals surface area contributed by atoms with Crippen molar-refractivity contribution in [3.05, 3.63) is 29.8 Å². The van der Waals surface area contributed by atoms with Gasteiger partial charge in [-0.2, -0.15) is 0 Å². The monoisotopic (exact) mass is 342 g/mol. The van der Waals surface area contributed by atoms with Crippen LogP contribution in [0.25, 0.3) is 0 Å². The molecule has 1 aliphatic rings. The molecular formula is C16H20F2N2O4. The van der Waals surface area contributed by atoms with E-state index in [-0.39, 0.29) is 25.3 Å². The molecule has 1 unspecified atom stereocenters. The number of carbonyl (C=O) groups excluding carboxylic acids is 1. The number of carboxylic acids is 1. The van der Waals surface area contributed by atoms with Crippen LogP contribution >= 0.6 is 0 Å². The van der Waals surface area contributed by atoms with E-state index in [0.29, 0.717) is 6.07 Å². The molecule has 1 N–H and O–H groups in total. The Kier molecular flexibility index (Phi) is 4.96. The molecule has 2 rings (SSSR count). The van der Waals surface area contributed by atoms with Gasteiger partial charge in [-0.15, -0.1) is 0 Å². The number of carboxylic acid groups (broad SMARTS) is 1. The highest BCUT2D eigenvalue weighted by Crippen LogP contribution is 2.25. The van der Waals surface area contributed by atoms with Crippen LogP contribution in [0.3, 0.4) is 0 Å². The van der Waals surface area contributed by atoms with E-state index in [1.54, 1.807) is 20.8 Å². The van der Waals surface area contributed by atoms with Gasteiger partial charge < -0.3 is 19.6 Å². The Morgan fingerprint density at radius 2 is 1.92 bits per heavy atom. The number of nitrogens with zero attached hydrogens (tertiary/aromatic N) is 2. The van der Waals surface area contributed by atoms with E-state index < -0.39 is 35.3 Å². The first-order valence-corrected chi connectivity index (χ1v) is 7.51. The van der Waals surface area contributed by atoms with Crippen LogP contribution < -0.4 is 4.90 Å². The minimum Gasteiger partial charge on any atom is -0.480 e. The third kappa shape index (κ3) is 4.12. The van der Waals surface area contributed by atoms with Gasteiger partial charge >= 0.3 is 12.1 Å². The second-order valence-electron chi connectivity index (χ2n) is 6.57. The van der Waals surface area contributed by atoms with Gasteiger partial charge in [0, 0.05) is 19.2 Å². The number of amides is 1. The average Bonchev–Trinajstić information content (AvgIpc) is 2.45. The zero-order valence-corrected chi connectivity index (χ0v) is 13.8. The maximum atomic E-state index is 14.0. The number of carbonyl (C=O) groups is 2. The molecule has 1 saturated heterocycles. The van der Waals surface area contributed by atoms with Crippen molar-refractivity contribution in [3.8, 4) is 0 Å². The Hall–Kier alpha value is -2.38. The molecule has 1 aromatic rings. The predicted octanol–water partition coefficient (Wildman–Crippen LogP) is 2.48. The van der Waals surface area contributed by atoms with E-state index in [1.807, 2.05) is 0 Å². The lowest BCUT2D eigenvalue weighted by Crippen LogP contribution is -2.58. The number of anilines is 1. The molecule has 0 aliphatic carbocycles. The van der Waals surface area contributed by atoms with Gasteiger partial charge in [0.2, 0.25) is 0 Å². The van der Waals surface area contributed by atoms with Crippen molar-refractivity contribution in [3.63, 3.8) is 0 Å². The van der Waals surface area contributed by atoms with Gasteiger partial charge in [0.05, 0.1) is 12.2 Å². The summed E-state index contributed by atoms with van der Waals surface area (Å²) in [7, 11) is 0. The van der Waals surface area contributed by atoms with Gasteiger partial charge in [0.1, 0.15) is 23.3 Å². The number of piperazine rings is 1. The lowest BCUT2D eigenvalue weighted by atomic mass is 10.1. The molecule has 132 valence electrons. The van der Waals surface area contributed by atoms with Gasteiger partial charge in [-0.25, -0.2) is 18.4 Å². The molecule has 0 aromatic heterocycles. The number of hydrogen-bond acceptors (Lipinski definition) is 4. The Labute approximate surface area is 138 Å². The normalized spacial score (nSPS) is 18.5. The Bertz CT molecular complexity index is 645. The Balaban J connectivity index is 2.20. The van der Waals surface area contributed by atoms with Crippen molar-refractivity contribution in [2.45, 2.75) is 32.4 Å². The fraction of sp³-hybridized carbons (Fsp3) is 0.500. The summed E-state index contributed by atoms with van der Waals surface area (Å²) in [5, 5.41) is 9.43. The van der Waals surface area contributed by atoms with E-state index >= 15 is 0 Å².